The lowest BCUT2D eigenvalue weighted by Gasteiger charge is -2.34. The molecule has 0 aromatic heterocycles. The zero-order valence-corrected chi connectivity index (χ0v) is 12.3. The third-order valence-corrected chi connectivity index (χ3v) is 3.90. The first-order chi connectivity index (χ1) is 9.68. The van der Waals surface area contributed by atoms with E-state index < -0.39 is 5.60 Å². The van der Waals surface area contributed by atoms with Crippen molar-refractivity contribution in [1.82, 2.24) is 0 Å². The first kappa shape index (κ1) is 14.6. The van der Waals surface area contributed by atoms with E-state index in [4.69, 9.17) is 0 Å². The minimum atomic E-state index is -0.661. The summed E-state index contributed by atoms with van der Waals surface area (Å²) in [7, 11) is 0. The second-order valence-corrected chi connectivity index (χ2v) is 5.19. The molecule has 2 rings (SSSR count). The summed E-state index contributed by atoms with van der Waals surface area (Å²) in [5.41, 5.74) is 1.56. The van der Waals surface area contributed by atoms with Crippen LogP contribution in [0.15, 0.2) is 60.7 Å². The molecule has 0 unspecified atom stereocenters. The zero-order valence-electron chi connectivity index (χ0n) is 12.3. The minimum Gasteiger partial charge on any atom is -0.388 e. The largest absolute Gasteiger partial charge is 0.388 e. The highest BCUT2D eigenvalue weighted by molar-refractivity contribution is 5.63. The zero-order chi connectivity index (χ0) is 14.4. The second-order valence-electron chi connectivity index (χ2n) is 5.19. The fourth-order valence-corrected chi connectivity index (χ4v) is 2.32. The summed E-state index contributed by atoms with van der Waals surface area (Å²) in [6.45, 7) is 4.68. The molecule has 0 radical (unpaired) electrons. The molecule has 0 aliphatic carbocycles. The van der Waals surface area contributed by atoms with Gasteiger partial charge in [0.15, 0.2) is 0 Å². The SMILES string of the molecule is CCC(O)(CC)CN(c1ccccc1)c1ccccc1. The number of benzene rings is 2. The maximum absolute atomic E-state index is 10.7. The quantitative estimate of drug-likeness (QED) is 0.841. The average Bonchev–Trinajstić information content (AvgIpc) is 2.54. The van der Waals surface area contributed by atoms with Crippen LogP contribution in [0.25, 0.3) is 0 Å². The van der Waals surface area contributed by atoms with Gasteiger partial charge >= 0.3 is 0 Å². The number of rotatable bonds is 6. The molecule has 20 heavy (non-hydrogen) atoms. The highest BCUT2D eigenvalue weighted by Gasteiger charge is 2.26. The summed E-state index contributed by atoms with van der Waals surface area (Å²) in [6, 6.07) is 20.5. The van der Waals surface area contributed by atoms with Crippen LogP contribution < -0.4 is 4.90 Å². The van der Waals surface area contributed by atoms with Crippen LogP contribution in [0.5, 0.6) is 0 Å². The molecule has 0 aliphatic heterocycles. The summed E-state index contributed by atoms with van der Waals surface area (Å²) in [5, 5.41) is 10.7. The van der Waals surface area contributed by atoms with Gasteiger partial charge in [0.05, 0.1) is 12.1 Å². The van der Waals surface area contributed by atoms with Gasteiger partial charge in [0.25, 0.3) is 0 Å². The van der Waals surface area contributed by atoms with Crippen molar-refractivity contribution in [3.8, 4) is 0 Å². The number of hydrogen-bond donors (Lipinski definition) is 1. The molecule has 0 atom stereocenters. The molecule has 0 heterocycles. The van der Waals surface area contributed by atoms with E-state index in [0.717, 1.165) is 24.2 Å². The van der Waals surface area contributed by atoms with E-state index >= 15 is 0 Å². The van der Waals surface area contributed by atoms with Crippen LogP contribution in [0.1, 0.15) is 26.7 Å². The van der Waals surface area contributed by atoms with Gasteiger partial charge in [0.1, 0.15) is 0 Å². The molecule has 1 N–H and O–H groups in total. The maximum Gasteiger partial charge on any atom is 0.0820 e. The lowest BCUT2D eigenvalue weighted by Crippen LogP contribution is -2.40. The topological polar surface area (TPSA) is 23.5 Å². The normalized spacial score (nSPS) is 11.3. The Balaban J connectivity index is 2.35. The molecular weight excluding hydrogens is 246 g/mol. The molecule has 0 aliphatic rings. The Morgan fingerprint density at radius 3 is 1.55 bits per heavy atom. The Bertz CT molecular complexity index is 466. The molecule has 0 bridgehead atoms. The fraction of sp³-hybridized carbons (Fsp3) is 0.333. The molecule has 0 saturated heterocycles. The lowest BCUT2D eigenvalue weighted by molar-refractivity contribution is 0.0414. The average molecular weight is 269 g/mol. The van der Waals surface area contributed by atoms with Crippen molar-refractivity contribution in [2.24, 2.45) is 0 Å². The first-order valence-electron chi connectivity index (χ1n) is 7.28. The predicted molar refractivity (Wildman–Crippen MR) is 85.4 cm³/mol. The van der Waals surface area contributed by atoms with Crippen molar-refractivity contribution in [3.63, 3.8) is 0 Å². The molecule has 106 valence electrons. The number of nitrogens with zero attached hydrogens (tertiary/aromatic N) is 1. The van der Waals surface area contributed by atoms with Crippen molar-refractivity contribution in [2.45, 2.75) is 32.3 Å². The van der Waals surface area contributed by atoms with Crippen LogP contribution in [0, 0.1) is 0 Å². The third kappa shape index (κ3) is 3.40. The molecule has 0 saturated carbocycles. The van der Waals surface area contributed by atoms with Crippen LogP contribution in [-0.2, 0) is 0 Å². The van der Waals surface area contributed by atoms with E-state index in [9.17, 15) is 5.11 Å². The van der Waals surface area contributed by atoms with Gasteiger partial charge in [-0.2, -0.15) is 0 Å². The number of para-hydroxylation sites is 2. The van der Waals surface area contributed by atoms with E-state index in [1.54, 1.807) is 0 Å². The van der Waals surface area contributed by atoms with E-state index in [2.05, 4.69) is 29.2 Å². The standard InChI is InChI=1S/C18H23NO/c1-3-18(20,4-2)15-19(16-11-7-5-8-12-16)17-13-9-6-10-14-17/h5-14,20H,3-4,15H2,1-2H3. The van der Waals surface area contributed by atoms with E-state index in [1.165, 1.54) is 0 Å². The van der Waals surface area contributed by atoms with E-state index in [-0.39, 0.29) is 0 Å². The summed E-state index contributed by atoms with van der Waals surface area (Å²) >= 11 is 0. The van der Waals surface area contributed by atoms with E-state index in [1.807, 2.05) is 50.2 Å². The van der Waals surface area contributed by atoms with Gasteiger partial charge in [-0.1, -0.05) is 50.2 Å². The van der Waals surface area contributed by atoms with Gasteiger partial charge in [-0.3, -0.25) is 0 Å². The molecule has 0 spiro atoms. The number of aliphatic hydroxyl groups is 1. The smallest absolute Gasteiger partial charge is 0.0820 e. The Morgan fingerprint density at radius 1 is 0.800 bits per heavy atom. The Morgan fingerprint density at radius 2 is 1.20 bits per heavy atom. The lowest BCUT2D eigenvalue weighted by atomic mass is 9.96. The van der Waals surface area contributed by atoms with Crippen molar-refractivity contribution >= 4 is 11.4 Å². The van der Waals surface area contributed by atoms with Gasteiger partial charge < -0.3 is 10.0 Å². The monoisotopic (exact) mass is 269 g/mol. The summed E-state index contributed by atoms with van der Waals surface area (Å²) in [4.78, 5) is 2.19. The Labute approximate surface area is 121 Å². The first-order valence-corrected chi connectivity index (χ1v) is 7.28. The maximum atomic E-state index is 10.7. The minimum absolute atomic E-state index is 0.605. The molecule has 0 fully saturated rings. The highest BCUT2D eigenvalue weighted by atomic mass is 16.3. The predicted octanol–water partition coefficient (Wildman–Crippen LogP) is 4.38. The summed E-state index contributed by atoms with van der Waals surface area (Å²) in [6.07, 6.45) is 1.50. The molecular formula is C18H23NO. The van der Waals surface area contributed by atoms with Crippen molar-refractivity contribution in [1.29, 1.82) is 0 Å². The van der Waals surface area contributed by atoms with E-state index in [0.29, 0.717) is 6.54 Å². The van der Waals surface area contributed by atoms with Crippen molar-refractivity contribution < 1.29 is 5.11 Å². The van der Waals surface area contributed by atoms with Crippen molar-refractivity contribution in [3.05, 3.63) is 60.7 Å². The van der Waals surface area contributed by atoms with Crippen LogP contribution in [0.4, 0.5) is 11.4 Å². The fourth-order valence-electron chi connectivity index (χ4n) is 2.32. The third-order valence-electron chi connectivity index (χ3n) is 3.90. The summed E-state index contributed by atoms with van der Waals surface area (Å²) < 4.78 is 0. The summed E-state index contributed by atoms with van der Waals surface area (Å²) in [5.74, 6) is 0. The molecule has 2 aromatic carbocycles. The molecule has 2 aromatic rings. The van der Waals surface area contributed by atoms with Crippen LogP contribution in [0.3, 0.4) is 0 Å². The van der Waals surface area contributed by atoms with Gasteiger partial charge in [0.2, 0.25) is 0 Å². The Hall–Kier alpha value is -1.80. The van der Waals surface area contributed by atoms with Crippen LogP contribution in [-0.4, -0.2) is 17.3 Å². The Kier molecular flexibility index (Phi) is 4.80. The van der Waals surface area contributed by atoms with Gasteiger partial charge in [-0.25, -0.2) is 0 Å². The molecule has 2 nitrogen and oxygen atoms in total. The van der Waals surface area contributed by atoms with Gasteiger partial charge in [-0.15, -0.1) is 0 Å². The molecule has 2 heteroatoms. The second kappa shape index (κ2) is 6.58. The van der Waals surface area contributed by atoms with Gasteiger partial charge in [0, 0.05) is 11.4 Å². The number of hydrogen-bond acceptors (Lipinski definition) is 2. The van der Waals surface area contributed by atoms with Crippen molar-refractivity contribution in [2.75, 3.05) is 11.4 Å². The number of anilines is 2. The van der Waals surface area contributed by atoms with Crippen LogP contribution >= 0.6 is 0 Å². The van der Waals surface area contributed by atoms with Crippen LogP contribution in [0.2, 0.25) is 0 Å². The highest BCUT2D eigenvalue weighted by Crippen LogP contribution is 2.29. The van der Waals surface area contributed by atoms with Gasteiger partial charge in [-0.05, 0) is 37.1 Å². The molecule has 0 amide bonds.